The third-order valence-corrected chi connectivity index (χ3v) is 5.56. The zero-order chi connectivity index (χ0) is 13.9. The van der Waals surface area contributed by atoms with Crippen LogP contribution >= 0.6 is 11.8 Å². The molecule has 1 aromatic rings. The van der Waals surface area contributed by atoms with Crippen molar-refractivity contribution in [2.75, 3.05) is 6.54 Å². The second-order valence-electron chi connectivity index (χ2n) is 6.46. The number of aryl methyl sites for hydroxylation is 1. The van der Waals surface area contributed by atoms with Gasteiger partial charge in [-0.05, 0) is 50.6 Å². The Kier molecular flexibility index (Phi) is 5.02. The number of thioether (sulfide) groups is 1. The Morgan fingerprint density at radius 3 is 2.89 bits per heavy atom. The van der Waals surface area contributed by atoms with Crippen LogP contribution in [0.1, 0.15) is 52.2 Å². The molecular formula is C16H27NOS. The summed E-state index contributed by atoms with van der Waals surface area (Å²) < 4.78 is 5.43. The number of nitrogens with one attached hydrogen (secondary N) is 1. The van der Waals surface area contributed by atoms with Gasteiger partial charge in [-0.2, -0.15) is 0 Å². The molecule has 2 atom stereocenters. The molecule has 0 aliphatic heterocycles. The van der Waals surface area contributed by atoms with Crippen molar-refractivity contribution in [2.24, 2.45) is 5.41 Å². The van der Waals surface area contributed by atoms with Crippen molar-refractivity contribution >= 4 is 11.8 Å². The minimum absolute atomic E-state index is 0.472. The summed E-state index contributed by atoms with van der Waals surface area (Å²) in [4.78, 5) is 1.31. The maximum atomic E-state index is 5.43. The van der Waals surface area contributed by atoms with Crippen molar-refractivity contribution in [1.29, 1.82) is 0 Å². The van der Waals surface area contributed by atoms with Gasteiger partial charge in [-0.1, -0.05) is 20.8 Å². The molecule has 0 saturated heterocycles. The Balaban J connectivity index is 2.04. The number of rotatable bonds is 5. The highest BCUT2D eigenvalue weighted by Gasteiger charge is 2.35. The van der Waals surface area contributed by atoms with Crippen LogP contribution in [0.5, 0.6) is 0 Å². The van der Waals surface area contributed by atoms with Crippen LogP contribution in [-0.4, -0.2) is 17.8 Å². The number of furan rings is 1. The van der Waals surface area contributed by atoms with Gasteiger partial charge in [-0.25, -0.2) is 0 Å². The second-order valence-corrected chi connectivity index (χ2v) is 7.75. The fourth-order valence-corrected chi connectivity index (χ4v) is 4.47. The van der Waals surface area contributed by atoms with E-state index in [2.05, 4.69) is 39.1 Å². The first-order chi connectivity index (χ1) is 9.02. The topological polar surface area (TPSA) is 25.2 Å². The molecule has 19 heavy (non-hydrogen) atoms. The van der Waals surface area contributed by atoms with Crippen LogP contribution in [0.3, 0.4) is 0 Å². The van der Waals surface area contributed by atoms with Crippen LogP contribution in [0.25, 0.3) is 0 Å². The molecule has 2 nitrogen and oxygen atoms in total. The van der Waals surface area contributed by atoms with Crippen LogP contribution in [-0.2, 0) is 0 Å². The molecule has 0 radical (unpaired) electrons. The summed E-state index contributed by atoms with van der Waals surface area (Å²) in [6.45, 7) is 10.2. The van der Waals surface area contributed by atoms with Gasteiger partial charge in [0.05, 0.1) is 6.26 Å². The van der Waals surface area contributed by atoms with E-state index in [1.807, 2.05) is 11.8 Å². The highest BCUT2D eigenvalue weighted by molar-refractivity contribution is 8.00. The third kappa shape index (κ3) is 4.03. The van der Waals surface area contributed by atoms with E-state index < -0.39 is 0 Å². The molecule has 1 heterocycles. The van der Waals surface area contributed by atoms with E-state index >= 15 is 0 Å². The predicted octanol–water partition coefficient (Wildman–Crippen LogP) is 4.63. The minimum atomic E-state index is 0.472. The Morgan fingerprint density at radius 2 is 2.26 bits per heavy atom. The molecule has 1 fully saturated rings. The van der Waals surface area contributed by atoms with Gasteiger partial charge in [-0.15, -0.1) is 11.8 Å². The lowest BCUT2D eigenvalue weighted by atomic mass is 9.75. The molecule has 3 heteroatoms. The average molecular weight is 281 g/mol. The molecule has 1 aliphatic rings. The Bertz CT molecular complexity index is 399. The average Bonchev–Trinajstić information content (AvgIpc) is 2.73. The maximum absolute atomic E-state index is 5.43. The molecule has 0 amide bonds. The summed E-state index contributed by atoms with van der Waals surface area (Å²) in [5, 5.41) is 4.40. The lowest BCUT2D eigenvalue weighted by molar-refractivity contribution is 0.214. The Hall–Kier alpha value is -0.410. The van der Waals surface area contributed by atoms with E-state index in [1.54, 1.807) is 6.26 Å². The second kappa shape index (κ2) is 6.36. The van der Waals surface area contributed by atoms with Crippen molar-refractivity contribution in [2.45, 2.75) is 69.6 Å². The normalized spacial score (nSPS) is 26.5. The van der Waals surface area contributed by atoms with Crippen molar-refractivity contribution in [3.63, 3.8) is 0 Å². The van der Waals surface area contributed by atoms with E-state index in [9.17, 15) is 0 Å². The largest absolute Gasteiger partial charge is 0.468 e. The van der Waals surface area contributed by atoms with E-state index in [4.69, 9.17) is 4.42 Å². The van der Waals surface area contributed by atoms with Crippen LogP contribution in [0.4, 0.5) is 0 Å². The van der Waals surface area contributed by atoms with Gasteiger partial charge in [0.1, 0.15) is 5.76 Å². The molecule has 1 saturated carbocycles. The summed E-state index contributed by atoms with van der Waals surface area (Å²) >= 11 is 2.00. The molecule has 0 aromatic carbocycles. The summed E-state index contributed by atoms with van der Waals surface area (Å²) in [5.74, 6) is 1.06. The van der Waals surface area contributed by atoms with Crippen molar-refractivity contribution in [1.82, 2.24) is 5.32 Å². The van der Waals surface area contributed by atoms with Crippen molar-refractivity contribution in [3.05, 3.63) is 18.1 Å². The fourth-order valence-electron chi connectivity index (χ4n) is 2.87. The van der Waals surface area contributed by atoms with Gasteiger partial charge in [0, 0.05) is 16.2 Å². The lowest BCUT2D eigenvalue weighted by Gasteiger charge is -2.40. The first-order valence-corrected chi connectivity index (χ1v) is 8.34. The molecule has 0 bridgehead atoms. The molecule has 2 unspecified atom stereocenters. The Morgan fingerprint density at radius 1 is 1.47 bits per heavy atom. The minimum Gasteiger partial charge on any atom is -0.468 e. The van der Waals surface area contributed by atoms with Gasteiger partial charge in [0.25, 0.3) is 0 Å². The number of hydrogen-bond donors (Lipinski definition) is 1. The standard InChI is InChI=1S/C16H27NOS/c1-5-9-17-13-6-8-16(3,4)11-15(13)19-14-7-10-18-12(14)2/h7,10,13,15,17H,5-6,8-9,11H2,1-4H3. The van der Waals surface area contributed by atoms with Crippen LogP contribution < -0.4 is 5.32 Å². The zero-order valence-electron chi connectivity index (χ0n) is 12.7. The van der Waals surface area contributed by atoms with Gasteiger partial charge < -0.3 is 9.73 Å². The van der Waals surface area contributed by atoms with Gasteiger partial charge in [0.15, 0.2) is 0 Å². The lowest BCUT2D eigenvalue weighted by Crippen LogP contribution is -2.45. The molecule has 108 valence electrons. The van der Waals surface area contributed by atoms with Gasteiger partial charge in [0.2, 0.25) is 0 Å². The summed E-state index contributed by atoms with van der Waals surface area (Å²) in [5.41, 5.74) is 0.472. The Labute approximate surface area is 121 Å². The summed E-state index contributed by atoms with van der Waals surface area (Å²) in [6, 6.07) is 2.76. The summed E-state index contributed by atoms with van der Waals surface area (Å²) in [6.07, 6.45) is 6.92. The highest BCUT2D eigenvalue weighted by atomic mass is 32.2. The first-order valence-electron chi connectivity index (χ1n) is 7.46. The smallest absolute Gasteiger partial charge is 0.114 e. The molecule has 1 aliphatic carbocycles. The monoisotopic (exact) mass is 281 g/mol. The van der Waals surface area contributed by atoms with Crippen LogP contribution in [0.2, 0.25) is 0 Å². The van der Waals surface area contributed by atoms with Crippen LogP contribution in [0, 0.1) is 12.3 Å². The van der Waals surface area contributed by atoms with E-state index in [1.165, 1.54) is 30.6 Å². The SMILES string of the molecule is CCCNC1CCC(C)(C)CC1Sc1ccoc1C. The van der Waals surface area contributed by atoms with Crippen LogP contribution in [0.15, 0.2) is 21.6 Å². The zero-order valence-corrected chi connectivity index (χ0v) is 13.5. The quantitative estimate of drug-likeness (QED) is 0.852. The molecular weight excluding hydrogens is 254 g/mol. The van der Waals surface area contributed by atoms with Gasteiger partial charge >= 0.3 is 0 Å². The number of hydrogen-bond acceptors (Lipinski definition) is 3. The molecule has 0 spiro atoms. The molecule has 1 aromatic heterocycles. The fraction of sp³-hybridized carbons (Fsp3) is 0.750. The first kappa shape index (κ1) is 15.0. The maximum Gasteiger partial charge on any atom is 0.114 e. The highest BCUT2D eigenvalue weighted by Crippen LogP contribution is 2.43. The summed E-state index contributed by atoms with van der Waals surface area (Å²) in [7, 11) is 0. The van der Waals surface area contributed by atoms with Crippen molar-refractivity contribution < 1.29 is 4.42 Å². The molecule has 2 rings (SSSR count). The molecule has 1 N–H and O–H groups in total. The van der Waals surface area contributed by atoms with E-state index in [-0.39, 0.29) is 0 Å². The van der Waals surface area contributed by atoms with E-state index in [0.29, 0.717) is 16.7 Å². The predicted molar refractivity (Wildman–Crippen MR) is 82.8 cm³/mol. The van der Waals surface area contributed by atoms with E-state index in [0.717, 1.165) is 12.3 Å². The van der Waals surface area contributed by atoms with Crippen molar-refractivity contribution in [3.8, 4) is 0 Å². The third-order valence-electron chi connectivity index (χ3n) is 4.08. The van der Waals surface area contributed by atoms with Gasteiger partial charge in [-0.3, -0.25) is 0 Å².